The predicted octanol–water partition coefficient (Wildman–Crippen LogP) is 3.07. The highest BCUT2D eigenvalue weighted by Crippen LogP contribution is 2.31. The van der Waals surface area contributed by atoms with E-state index in [1.807, 2.05) is 42.2 Å². The number of nitrogens with one attached hydrogen (secondary N) is 2. The van der Waals surface area contributed by atoms with Gasteiger partial charge < -0.3 is 9.47 Å². The van der Waals surface area contributed by atoms with Crippen LogP contribution in [0, 0.1) is 6.92 Å². The zero-order valence-corrected chi connectivity index (χ0v) is 21.4. The molecule has 0 aliphatic carbocycles. The number of aromatic nitrogens is 4. The van der Waals surface area contributed by atoms with E-state index in [-0.39, 0.29) is 17.5 Å². The zero-order valence-electron chi connectivity index (χ0n) is 20.5. The molecule has 2 N–H and O–H groups in total. The number of amides is 3. The largest absolute Gasteiger partial charge is 0.347 e. The first-order valence-corrected chi connectivity index (χ1v) is 12.9. The molecule has 1 aromatic carbocycles. The number of hydrazine groups is 1. The van der Waals surface area contributed by atoms with Crippen molar-refractivity contribution in [1.29, 1.82) is 0 Å². The standard InChI is InChI=1S/C26H27N7O3S/c1-17-20(15-27-33(17)19-7-4-3-5-8-19)26(36)32-13-10-18(11-14-32)25-28-21(16-37-25)23(34)29-30-24(35)22-9-6-12-31(22)2/h3-9,12,15-16,18H,10-11,13-14H2,1-2H3,(H,29,34)(H,30,35). The molecule has 1 aliphatic rings. The highest BCUT2D eigenvalue weighted by Gasteiger charge is 2.28. The van der Waals surface area contributed by atoms with Crippen molar-refractivity contribution in [3.05, 3.63) is 87.9 Å². The lowest BCUT2D eigenvalue weighted by Crippen LogP contribution is -2.42. The van der Waals surface area contributed by atoms with Gasteiger partial charge in [0.2, 0.25) is 0 Å². The summed E-state index contributed by atoms with van der Waals surface area (Å²) < 4.78 is 3.45. The maximum atomic E-state index is 13.2. The fourth-order valence-electron chi connectivity index (χ4n) is 4.47. The van der Waals surface area contributed by atoms with Crippen LogP contribution in [0.4, 0.5) is 0 Å². The Morgan fingerprint density at radius 2 is 1.73 bits per heavy atom. The number of piperidine rings is 1. The summed E-state index contributed by atoms with van der Waals surface area (Å²) in [7, 11) is 1.75. The van der Waals surface area contributed by atoms with Gasteiger partial charge in [-0.3, -0.25) is 25.2 Å². The van der Waals surface area contributed by atoms with E-state index in [4.69, 9.17) is 0 Å². The fourth-order valence-corrected chi connectivity index (χ4v) is 5.44. The van der Waals surface area contributed by atoms with Gasteiger partial charge in [-0.05, 0) is 44.0 Å². The lowest BCUT2D eigenvalue weighted by Gasteiger charge is -2.31. The molecule has 11 heteroatoms. The summed E-state index contributed by atoms with van der Waals surface area (Å²) >= 11 is 1.42. The first kappa shape index (κ1) is 24.4. The third-order valence-corrected chi connectivity index (χ3v) is 7.60. The molecule has 1 aliphatic heterocycles. The minimum Gasteiger partial charge on any atom is -0.347 e. The molecule has 1 saturated heterocycles. The maximum Gasteiger partial charge on any atom is 0.289 e. The number of hydrogen-bond donors (Lipinski definition) is 2. The van der Waals surface area contributed by atoms with Crippen molar-refractivity contribution in [3.8, 4) is 5.69 Å². The smallest absolute Gasteiger partial charge is 0.289 e. The number of para-hydroxylation sites is 1. The second-order valence-electron chi connectivity index (χ2n) is 8.94. The minimum atomic E-state index is -0.469. The molecule has 0 bridgehead atoms. The molecule has 0 unspecified atom stereocenters. The van der Waals surface area contributed by atoms with E-state index < -0.39 is 11.8 Å². The maximum absolute atomic E-state index is 13.2. The van der Waals surface area contributed by atoms with Gasteiger partial charge in [0.1, 0.15) is 11.4 Å². The third-order valence-electron chi connectivity index (χ3n) is 6.59. The Hall–Kier alpha value is -4.25. The van der Waals surface area contributed by atoms with Crippen LogP contribution in [0.5, 0.6) is 0 Å². The minimum absolute atomic E-state index is 0.0219. The Balaban J connectivity index is 1.16. The van der Waals surface area contributed by atoms with Crippen LogP contribution in [0.25, 0.3) is 5.69 Å². The number of nitrogens with zero attached hydrogens (tertiary/aromatic N) is 5. The first-order chi connectivity index (χ1) is 17.9. The van der Waals surface area contributed by atoms with Gasteiger partial charge in [0.25, 0.3) is 17.7 Å². The molecular formula is C26H27N7O3S. The van der Waals surface area contributed by atoms with E-state index in [1.54, 1.807) is 46.2 Å². The SMILES string of the molecule is Cc1c(C(=O)N2CCC(c3nc(C(=O)NNC(=O)c4cccn4C)cs3)CC2)cnn1-c1ccccc1. The second-order valence-corrected chi connectivity index (χ2v) is 9.83. The van der Waals surface area contributed by atoms with Crippen molar-refractivity contribution in [3.63, 3.8) is 0 Å². The molecule has 5 rings (SSSR count). The van der Waals surface area contributed by atoms with Crippen molar-refractivity contribution >= 4 is 29.1 Å². The molecule has 190 valence electrons. The van der Waals surface area contributed by atoms with E-state index in [9.17, 15) is 14.4 Å². The molecule has 0 atom stereocenters. The predicted molar refractivity (Wildman–Crippen MR) is 139 cm³/mol. The Morgan fingerprint density at radius 1 is 1.00 bits per heavy atom. The molecule has 3 amide bonds. The number of hydrogen-bond acceptors (Lipinski definition) is 6. The number of benzene rings is 1. The van der Waals surface area contributed by atoms with Crippen molar-refractivity contribution in [2.45, 2.75) is 25.7 Å². The molecule has 4 aromatic rings. The van der Waals surface area contributed by atoms with Crippen LogP contribution in [0.3, 0.4) is 0 Å². The summed E-state index contributed by atoms with van der Waals surface area (Å²) in [5.74, 6) is -0.727. The molecule has 1 fully saturated rings. The second kappa shape index (κ2) is 10.4. The van der Waals surface area contributed by atoms with Gasteiger partial charge in [0.15, 0.2) is 0 Å². The summed E-state index contributed by atoms with van der Waals surface area (Å²) in [5.41, 5.74) is 7.87. The molecule has 10 nitrogen and oxygen atoms in total. The Labute approximate surface area is 217 Å². The molecule has 0 spiro atoms. The summed E-state index contributed by atoms with van der Waals surface area (Å²) in [4.78, 5) is 44.2. The van der Waals surface area contributed by atoms with E-state index in [0.29, 0.717) is 24.3 Å². The van der Waals surface area contributed by atoms with Crippen LogP contribution in [0.1, 0.15) is 60.8 Å². The highest BCUT2D eigenvalue weighted by atomic mass is 32.1. The number of aryl methyl sites for hydroxylation is 1. The van der Waals surface area contributed by atoms with Crippen LogP contribution >= 0.6 is 11.3 Å². The van der Waals surface area contributed by atoms with Crippen LogP contribution in [0.15, 0.2) is 60.2 Å². The van der Waals surface area contributed by atoms with Crippen LogP contribution < -0.4 is 10.9 Å². The summed E-state index contributed by atoms with van der Waals surface area (Å²) in [5, 5.41) is 6.98. The molecule has 0 saturated carbocycles. The van der Waals surface area contributed by atoms with Crippen molar-refractivity contribution in [2.75, 3.05) is 13.1 Å². The topological polar surface area (TPSA) is 114 Å². The van der Waals surface area contributed by atoms with Gasteiger partial charge in [-0.1, -0.05) is 18.2 Å². The van der Waals surface area contributed by atoms with Crippen LogP contribution in [-0.4, -0.2) is 55.0 Å². The molecule has 0 radical (unpaired) electrons. The van der Waals surface area contributed by atoms with E-state index >= 15 is 0 Å². The lowest BCUT2D eigenvalue weighted by atomic mass is 9.97. The van der Waals surface area contributed by atoms with Gasteiger partial charge >= 0.3 is 0 Å². The number of thiazole rings is 1. The van der Waals surface area contributed by atoms with Crippen molar-refractivity contribution < 1.29 is 14.4 Å². The third kappa shape index (κ3) is 5.03. The first-order valence-electron chi connectivity index (χ1n) is 12.0. The number of likely N-dealkylation sites (tertiary alicyclic amines) is 1. The van der Waals surface area contributed by atoms with Gasteiger partial charge in [0, 0.05) is 37.6 Å². The quantitative estimate of drug-likeness (QED) is 0.395. The number of rotatable bonds is 5. The lowest BCUT2D eigenvalue weighted by molar-refractivity contribution is 0.0712. The number of carbonyl (C=O) groups excluding carboxylic acids is 3. The van der Waals surface area contributed by atoms with E-state index in [2.05, 4.69) is 20.9 Å². The fraction of sp³-hybridized carbons (Fsp3) is 0.269. The molecule has 3 aromatic heterocycles. The van der Waals surface area contributed by atoms with Crippen molar-refractivity contribution in [1.82, 2.24) is 35.1 Å². The highest BCUT2D eigenvalue weighted by molar-refractivity contribution is 7.09. The molecular weight excluding hydrogens is 490 g/mol. The molecule has 37 heavy (non-hydrogen) atoms. The molecule has 4 heterocycles. The van der Waals surface area contributed by atoms with E-state index in [1.165, 1.54) is 11.3 Å². The van der Waals surface area contributed by atoms with E-state index in [0.717, 1.165) is 29.2 Å². The Kier molecular flexibility index (Phi) is 6.87. The normalized spacial score (nSPS) is 13.9. The zero-order chi connectivity index (χ0) is 25.9. The average Bonchev–Trinajstić information content (AvgIpc) is 3.67. The van der Waals surface area contributed by atoms with Gasteiger partial charge in [-0.2, -0.15) is 5.10 Å². The monoisotopic (exact) mass is 517 g/mol. The van der Waals surface area contributed by atoms with Crippen LogP contribution in [0.2, 0.25) is 0 Å². The van der Waals surface area contributed by atoms with Crippen LogP contribution in [-0.2, 0) is 7.05 Å². The average molecular weight is 518 g/mol. The summed E-state index contributed by atoms with van der Waals surface area (Å²) in [6, 6.07) is 13.2. The van der Waals surface area contributed by atoms with Gasteiger partial charge in [-0.15, -0.1) is 11.3 Å². The summed E-state index contributed by atoms with van der Waals surface area (Å²) in [6.45, 7) is 3.12. The van der Waals surface area contributed by atoms with Gasteiger partial charge in [0.05, 0.1) is 28.1 Å². The van der Waals surface area contributed by atoms with Crippen molar-refractivity contribution in [2.24, 2.45) is 7.05 Å². The Bertz CT molecular complexity index is 1430. The Morgan fingerprint density at radius 3 is 2.43 bits per heavy atom. The number of carbonyl (C=O) groups is 3. The van der Waals surface area contributed by atoms with Gasteiger partial charge in [-0.25, -0.2) is 9.67 Å². The summed E-state index contributed by atoms with van der Waals surface area (Å²) in [6.07, 6.45) is 4.91.